The molecule has 0 atom stereocenters. The number of hydrogen-bond donors (Lipinski definition) is 2. The maximum atomic E-state index is 10.5. The molecule has 1 aromatic rings. The first kappa shape index (κ1) is 19.1. The van der Waals surface area contributed by atoms with Crippen LogP contribution in [0.5, 0.6) is 11.5 Å². The lowest BCUT2D eigenvalue weighted by atomic mass is 9.86. The van der Waals surface area contributed by atoms with Crippen molar-refractivity contribution in [2.45, 2.75) is 51.5 Å². The zero-order valence-corrected chi connectivity index (χ0v) is 15.5. The molecule has 0 spiro atoms. The van der Waals surface area contributed by atoms with Crippen LogP contribution in [0.3, 0.4) is 0 Å². The second-order valence-electron chi connectivity index (χ2n) is 6.98. The number of hydrogen-bond acceptors (Lipinski definition) is 4. The molecule has 1 aliphatic rings. The van der Waals surface area contributed by atoms with Crippen molar-refractivity contribution in [3.05, 3.63) is 23.3 Å². The van der Waals surface area contributed by atoms with Crippen molar-refractivity contribution in [1.29, 1.82) is 0 Å². The average molecular weight is 348 g/mol. The van der Waals surface area contributed by atoms with Crippen molar-refractivity contribution in [2.75, 3.05) is 20.8 Å². The molecule has 0 fully saturated rings. The number of carbonyl (C=O) groups is 1. The Morgan fingerprint density at radius 3 is 2.52 bits per heavy atom. The molecular weight excluding hydrogens is 320 g/mol. The molecule has 0 radical (unpaired) electrons. The molecule has 6 heteroatoms. The number of methoxy groups -OCH3 is 2. The van der Waals surface area contributed by atoms with Gasteiger partial charge in [0, 0.05) is 24.1 Å². The number of rotatable bonds is 8. The molecule has 2 rings (SSSR count). The number of carboxylic acids is 1. The Balaban J connectivity index is 2.16. The molecule has 2 N–H and O–H groups in total. The lowest BCUT2D eigenvalue weighted by molar-refractivity contribution is -0.137. The summed E-state index contributed by atoms with van der Waals surface area (Å²) >= 11 is 0. The highest BCUT2D eigenvalue weighted by molar-refractivity contribution is 6.02. The second-order valence-corrected chi connectivity index (χ2v) is 6.98. The molecule has 6 nitrogen and oxygen atoms in total. The van der Waals surface area contributed by atoms with E-state index in [4.69, 9.17) is 19.6 Å². The van der Waals surface area contributed by atoms with Gasteiger partial charge in [-0.25, -0.2) is 0 Å². The van der Waals surface area contributed by atoms with Crippen molar-refractivity contribution in [2.24, 2.45) is 4.99 Å². The third-order valence-electron chi connectivity index (χ3n) is 4.27. The van der Waals surface area contributed by atoms with Crippen LogP contribution in [-0.2, 0) is 11.2 Å². The van der Waals surface area contributed by atoms with Crippen molar-refractivity contribution in [3.63, 3.8) is 0 Å². The Kier molecular flexibility index (Phi) is 6.28. The first-order valence-corrected chi connectivity index (χ1v) is 8.66. The summed E-state index contributed by atoms with van der Waals surface area (Å²) < 4.78 is 10.8. The fourth-order valence-electron chi connectivity index (χ4n) is 3.08. The first-order valence-electron chi connectivity index (χ1n) is 8.66. The molecule has 0 aromatic heterocycles. The van der Waals surface area contributed by atoms with E-state index in [1.807, 2.05) is 12.1 Å². The van der Waals surface area contributed by atoms with Crippen molar-refractivity contribution in [3.8, 4) is 11.5 Å². The summed E-state index contributed by atoms with van der Waals surface area (Å²) in [5.74, 6) is 1.55. The predicted octanol–water partition coefficient (Wildman–Crippen LogP) is 3.02. The van der Waals surface area contributed by atoms with E-state index in [0.717, 1.165) is 36.4 Å². The standard InChI is InChI=1S/C19H28N2O4/c1-19(2)12-13-10-15(24-3)16(25-4)11-14(13)18(21-19)20-9-7-5-6-8-17(22)23/h10-11H,5-9,12H2,1-4H3,(H,20,21)(H,22,23). The van der Waals surface area contributed by atoms with Gasteiger partial charge in [-0.15, -0.1) is 0 Å². The molecule has 25 heavy (non-hydrogen) atoms. The quantitative estimate of drug-likeness (QED) is 0.706. The summed E-state index contributed by atoms with van der Waals surface area (Å²) in [5, 5.41) is 12.2. The number of aliphatic carboxylic acids is 1. The fourth-order valence-corrected chi connectivity index (χ4v) is 3.08. The van der Waals surface area contributed by atoms with E-state index in [-0.39, 0.29) is 12.0 Å². The highest BCUT2D eigenvalue weighted by Gasteiger charge is 2.29. The van der Waals surface area contributed by atoms with E-state index in [9.17, 15) is 4.79 Å². The number of amidine groups is 1. The second kappa shape index (κ2) is 8.23. The zero-order chi connectivity index (χ0) is 18.4. The Hall–Kier alpha value is -2.24. The summed E-state index contributed by atoms with van der Waals surface area (Å²) in [7, 11) is 3.27. The summed E-state index contributed by atoms with van der Waals surface area (Å²) in [6.07, 6.45) is 3.54. The number of ether oxygens (including phenoxy) is 2. The van der Waals surface area contributed by atoms with Gasteiger partial charge in [0.15, 0.2) is 11.5 Å². The number of fused-ring (bicyclic) bond motifs is 1. The summed E-state index contributed by atoms with van der Waals surface area (Å²) in [4.78, 5) is 15.3. The normalized spacial score (nSPS) is 16.9. The third-order valence-corrected chi connectivity index (χ3v) is 4.27. The Morgan fingerprint density at radius 1 is 1.20 bits per heavy atom. The van der Waals surface area contributed by atoms with Crippen LogP contribution in [0, 0.1) is 0 Å². The Morgan fingerprint density at radius 2 is 1.88 bits per heavy atom. The number of carboxylic acid groups (broad SMARTS) is 1. The molecule has 0 bridgehead atoms. The molecule has 0 saturated heterocycles. The minimum Gasteiger partial charge on any atom is -0.493 e. The highest BCUT2D eigenvalue weighted by Crippen LogP contribution is 2.34. The lowest BCUT2D eigenvalue weighted by Crippen LogP contribution is -2.49. The van der Waals surface area contributed by atoms with Gasteiger partial charge in [-0.05, 0) is 50.8 Å². The SMILES string of the molecule is COc1cc2c(cc1OC)C(=NCCCCCC(=O)O)NC(C)(C)C2. The Labute approximate surface area is 149 Å². The van der Waals surface area contributed by atoms with Crippen LogP contribution >= 0.6 is 0 Å². The minimum absolute atomic E-state index is 0.0886. The van der Waals surface area contributed by atoms with E-state index >= 15 is 0 Å². The molecule has 138 valence electrons. The molecule has 1 heterocycles. The number of nitrogens with one attached hydrogen (secondary N) is 1. The smallest absolute Gasteiger partial charge is 0.303 e. The average Bonchev–Trinajstić information content (AvgIpc) is 2.55. The molecule has 0 amide bonds. The monoisotopic (exact) mass is 348 g/mol. The predicted molar refractivity (Wildman–Crippen MR) is 98.0 cm³/mol. The van der Waals surface area contributed by atoms with Crippen LogP contribution in [0.1, 0.15) is 50.7 Å². The largest absolute Gasteiger partial charge is 0.493 e. The zero-order valence-electron chi connectivity index (χ0n) is 15.5. The van der Waals surface area contributed by atoms with Gasteiger partial charge in [0.1, 0.15) is 5.84 Å². The molecular formula is C19H28N2O4. The van der Waals surface area contributed by atoms with Gasteiger partial charge in [-0.3, -0.25) is 9.79 Å². The highest BCUT2D eigenvalue weighted by atomic mass is 16.5. The minimum atomic E-state index is -0.739. The van der Waals surface area contributed by atoms with Gasteiger partial charge >= 0.3 is 5.97 Å². The molecule has 0 saturated carbocycles. The maximum Gasteiger partial charge on any atom is 0.303 e. The Bertz CT molecular complexity index is 653. The van der Waals surface area contributed by atoms with Gasteiger partial charge in [0.2, 0.25) is 0 Å². The maximum absolute atomic E-state index is 10.5. The molecule has 0 aliphatic carbocycles. The van der Waals surface area contributed by atoms with E-state index < -0.39 is 5.97 Å². The van der Waals surface area contributed by atoms with E-state index in [1.165, 1.54) is 5.56 Å². The number of aliphatic imine (C=N–C) groups is 1. The topological polar surface area (TPSA) is 80.2 Å². The van der Waals surface area contributed by atoms with E-state index in [1.54, 1.807) is 14.2 Å². The van der Waals surface area contributed by atoms with Crippen molar-refractivity contribution >= 4 is 11.8 Å². The van der Waals surface area contributed by atoms with Crippen LogP contribution in [0.15, 0.2) is 17.1 Å². The fraction of sp³-hybridized carbons (Fsp3) is 0.579. The van der Waals surface area contributed by atoms with Crippen LogP contribution in [-0.4, -0.2) is 43.2 Å². The number of unbranched alkanes of at least 4 members (excludes halogenated alkanes) is 2. The van der Waals surface area contributed by atoms with Gasteiger partial charge in [-0.2, -0.15) is 0 Å². The van der Waals surface area contributed by atoms with Crippen molar-refractivity contribution in [1.82, 2.24) is 5.32 Å². The third kappa shape index (κ3) is 5.11. The number of benzene rings is 1. The van der Waals surface area contributed by atoms with Gasteiger partial charge in [0.25, 0.3) is 0 Å². The molecule has 0 unspecified atom stereocenters. The lowest BCUT2D eigenvalue weighted by Gasteiger charge is -2.35. The van der Waals surface area contributed by atoms with Gasteiger partial charge < -0.3 is 19.9 Å². The number of nitrogens with zero attached hydrogens (tertiary/aromatic N) is 1. The summed E-state index contributed by atoms with van der Waals surface area (Å²) in [6, 6.07) is 4.00. The van der Waals surface area contributed by atoms with Crippen LogP contribution in [0.4, 0.5) is 0 Å². The summed E-state index contributed by atoms with van der Waals surface area (Å²) in [6.45, 7) is 4.97. The van der Waals surface area contributed by atoms with Crippen LogP contribution in [0.25, 0.3) is 0 Å². The van der Waals surface area contributed by atoms with Crippen LogP contribution < -0.4 is 14.8 Å². The summed E-state index contributed by atoms with van der Waals surface area (Å²) in [5.41, 5.74) is 2.14. The van der Waals surface area contributed by atoms with Crippen LogP contribution in [0.2, 0.25) is 0 Å². The molecule has 1 aliphatic heterocycles. The first-order chi connectivity index (χ1) is 11.9. The molecule has 1 aromatic carbocycles. The van der Waals surface area contributed by atoms with Gasteiger partial charge in [0.05, 0.1) is 14.2 Å². The van der Waals surface area contributed by atoms with E-state index in [0.29, 0.717) is 18.7 Å². The van der Waals surface area contributed by atoms with E-state index in [2.05, 4.69) is 19.2 Å². The van der Waals surface area contributed by atoms with Crippen molar-refractivity contribution < 1.29 is 19.4 Å². The van der Waals surface area contributed by atoms with Gasteiger partial charge in [-0.1, -0.05) is 6.42 Å².